The summed E-state index contributed by atoms with van der Waals surface area (Å²) in [6, 6.07) is 6.42. The van der Waals surface area contributed by atoms with Crippen molar-refractivity contribution in [2.75, 3.05) is 0 Å². The van der Waals surface area contributed by atoms with Gasteiger partial charge in [0.05, 0.1) is 0 Å². The lowest BCUT2D eigenvalue weighted by atomic mass is 10.2. The van der Waals surface area contributed by atoms with Gasteiger partial charge in [0.25, 0.3) is 0 Å². The lowest BCUT2D eigenvalue weighted by Gasteiger charge is -2.00. The minimum absolute atomic E-state index is 0.111. The fraction of sp³-hybridized carbons (Fsp3) is 0.333. The molecule has 0 spiro atoms. The van der Waals surface area contributed by atoms with E-state index in [9.17, 15) is 8.42 Å². The Balaban J connectivity index is 2.50. The van der Waals surface area contributed by atoms with Gasteiger partial charge >= 0.3 is 10.1 Å². The van der Waals surface area contributed by atoms with Gasteiger partial charge in [-0.1, -0.05) is 23.6 Å². The van der Waals surface area contributed by atoms with Crippen LogP contribution in [0.3, 0.4) is 0 Å². The first-order chi connectivity index (χ1) is 9.06. The van der Waals surface area contributed by atoms with Crippen molar-refractivity contribution in [2.45, 2.75) is 37.5 Å². The quantitative estimate of drug-likeness (QED) is 0.472. The Morgan fingerprint density at radius 3 is 2.42 bits per heavy atom. The fourth-order valence-electron chi connectivity index (χ4n) is 1.33. The molecule has 4 heteroatoms. The van der Waals surface area contributed by atoms with Gasteiger partial charge in [-0.2, -0.15) is 8.42 Å². The summed E-state index contributed by atoms with van der Waals surface area (Å²) >= 11 is 0. The van der Waals surface area contributed by atoms with Gasteiger partial charge in [-0.05, 0) is 31.9 Å². The van der Waals surface area contributed by atoms with Crippen LogP contribution in [0.5, 0.6) is 0 Å². The molecule has 0 saturated heterocycles. The number of unbranched alkanes of at least 4 members (excludes halogenated alkanes) is 3. The summed E-state index contributed by atoms with van der Waals surface area (Å²) in [7, 11) is -3.78. The van der Waals surface area contributed by atoms with Crippen LogP contribution in [0.15, 0.2) is 29.2 Å². The van der Waals surface area contributed by atoms with Gasteiger partial charge in [-0.25, -0.2) is 0 Å². The Morgan fingerprint density at radius 2 is 1.79 bits per heavy atom. The molecule has 19 heavy (non-hydrogen) atoms. The molecule has 1 aromatic carbocycles. The van der Waals surface area contributed by atoms with Gasteiger partial charge in [-0.15, -0.1) is 12.3 Å². The van der Waals surface area contributed by atoms with Crippen molar-refractivity contribution in [1.29, 1.82) is 0 Å². The fourth-order valence-corrected chi connectivity index (χ4v) is 2.06. The second-order valence-electron chi connectivity index (χ2n) is 4.04. The maximum Gasteiger partial charge on any atom is 0.347 e. The average molecular weight is 276 g/mol. The van der Waals surface area contributed by atoms with Gasteiger partial charge in [0.15, 0.2) is 0 Å². The zero-order chi connectivity index (χ0) is 14.1. The van der Waals surface area contributed by atoms with Gasteiger partial charge in [0.2, 0.25) is 0 Å². The zero-order valence-corrected chi connectivity index (χ0v) is 11.7. The minimum Gasteiger partial charge on any atom is -0.324 e. The Morgan fingerprint density at radius 1 is 1.16 bits per heavy atom. The molecule has 0 saturated carbocycles. The van der Waals surface area contributed by atoms with E-state index in [2.05, 4.69) is 22.1 Å². The molecule has 1 rings (SSSR count). The molecule has 0 fully saturated rings. The highest BCUT2D eigenvalue weighted by atomic mass is 32.2. The standard InChI is InChI=1S/C15H16O3S/c1-3-4-5-6-7-8-13-18-19(16,17)15-11-9-14(2)10-12-15/h1,9-12H,4-7H2,2H3. The van der Waals surface area contributed by atoms with E-state index in [1.165, 1.54) is 12.1 Å². The van der Waals surface area contributed by atoms with Crippen molar-refractivity contribution in [3.8, 4) is 24.4 Å². The lowest BCUT2D eigenvalue weighted by molar-refractivity contribution is 0.465. The second-order valence-corrected chi connectivity index (χ2v) is 5.59. The molecular formula is C15H16O3S. The van der Waals surface area contributed by atoms with E-state index in [-0.39, 0.29) is 4.90 Å². The first kappa shape index (κ1) is 15.1. The number of benzene rings is 1. The maximum atomic E-state index is 11.7. The summed E-state index contributed by atoms with van der Waals surface area (Å²) in [6.45, 7) is 1.88. The molecule has 0 amide bonds. The SMILES string of the molecule is C#CCCCCC#COS(=O)(=O)c1ccc(C)cc1. The summed E-state index contributed by atoms with van der Waals surface area (Å²) in [5.41, 5.74) is 0.985. The summed E-state index contributed by atoms with van der Waals surface area (Å²) in [6.07, 6.45) is 10.3. The van der Waals surface area contributed by atoms with Gasteiger partial charge in [-0.3, -0.25) is 0 Å². The maximum absolute atomic E-state index is 11.7. The number of rotatable bonds is 5. The van der Waals surface area contributed by atoms with Crippen molar-refractivity contribution in [3.63, 3.8) is 0 Å². The first-order valence-corrected chi connectivity index (χ1v) is 7.38. The summed E-state index contributed by atoms with van der Waals surface area (Å²) in [5.74, 6) is 5.20. The Kier molecular flexibility index (Phi) is 5.99. The molecular weight excluding hydrogens is 260 g/mol. The van der Waals surface area contributed by atoms with E-state index in [4.69, 9.17) is 6.42 Å². The Bertz CT molecular complexity index is 596. The highest BCUT2D eigenvalue weighted by Crippen LogP contribution is 2.12. The topological polar surface area (TPSA) is 43.4 Å². The van der Waals surface area contributed by atoms with Crippen molar-refractivity contribution in [1.82, 2.24) is 0 Å². The first-order valence-electron chi connectivity index (χ1n) is 5.98. The number of terminal acetylenes is 1. The molecule has 0 aliphatic carbocycles. The molecule has 0 radical (unpaired) electrons. The van der Waals surface area contributed by atoms with Crippen molar-refractivity contribution in [3.05, 3.63) is 29.8 Å². The molecule has 1 aromatic rings. The lowest BCUT2D eigenvalue weighted by Crippen LogP contribution is -2.02. The predicted octanol–water partition coefficient (Wildman–Crippen LogP) is 2.85. The minimum atomic E-state index is -3.78. The van der Waals surface area contributed by atoms with Crippen LogP contribution in [0.25, 0.3) is 0 Å². The van der Waals surface area contributed by atoms with Crippen molar-refractivity contribution in [2.24, 2.45) is 0 Å². The summed E-state index contributed by atoms with van der Waals surface area (Å²) in [4.78, 5) is 0.111. The monoisotopic (exact) mass is 276 g/mol. The van der Waals surface area contributed by atoms with Crippen LogP contribution in [-0.2, 0) is 14.3 Å². The second kappa shape index (κ2) is 7.51. The number of hydrogen-bond donors (Lipinski definition) is 0. The highest BCUT2D eigenvalue weighted by molar-refractivity contribution is 7.86. The van der Waals surface area contributed by atoms with Crippen LogP contribution in [0, 0.1) is 31.3 Å². The van der Waals surface area contributed by atoms with Crippen LogP contribution in [0.4, 0.5) is 0 Å². The average Bonchev–Trinajstić information content (AvgIpc) is 2.38. The molecule has 0 N–H and O–H groups in total. The molecule has 0 heterocycles. The zero-order valence-electron chi connectivity index (χ0n) is 10.8. The van der Waals surface area contributed by atoms with E-state index in [1.54, 1.807) is 12.1 Å². The molecule has 0 aliphatic rings. The van der Waals surface area contributed by atoms with Gasteiger partial charge in [0, 0.05) is 12.8 Å². The number of aryl methyl sites for hydroxylation is 1. The van der Waals surface area contributed by atoms with Gasteiger partial charge < -0.3 is 4.18 Å². The predicted molar refractivity (Wildman–Crippen MR) is 74.5 cm³/mol. The third kappa shape index (κ3) is 5.50. The van der Waals surface area contributed by atoms with Crippen molar-refractivity contribution >= 4 is 10.1 Å². The smallest absolute Gasteiger partial charge is 0.324 e. The van der Waals surface area contributed by atoms with Crippen LogP contribution in [-0.4, -0.2) is 8.42 Å². The van der Waals surface area contributed by atoms with E-state index in [0.717, 1.165) is 18.4 Å². The largest absolute Gasteiger partial charge is 0.347 e. The van der Waals surface area contributed by atoms with E-state index in [1.807, 2.05) is 6.92 Å². The third-order valence-corrected chi connectivity index (χ3v) is 3.56. The number of hydrogen-bond acceptors (Lipinski definition) is 3. The molecule has 0 bridgehead atoms. The summed E-state index contributed by atoms with van der Waals surface area (Å²) < 4.78 is 28.1. The van der Waals surface area contributed by atoms with E-state index < -0.39 is 10.1 Å². The Labute approximate surface area is 115 Å². The molecule has 0 unspecified atom stereocenters. The molecule has 0 atom stereocenters. The summed E-state index contributed by atoms with van der Waals surface area (Å²) in [5, 5.41) is 0. The van der Waals surface area contributed by atoms with Crippen molar-refractivity contribution < 1.29 is 12.6 Å². The Hall–Kier alpha value is -1.91. The van der Waals surface area contributed by atoms with Gasteiger partial charge in [0.1, 0.15) is 11.0 Å². The normalized spacial score (nSPS) is 10.1. The van der Waals surface area contributed by atoms with Crippen LogP contribution in [0.2, 0.25) is 0 Å². The van der Waals surface area contributed by atoms with Crippen LogP contribution < -0.4 is 0 Å². The van der Waals surface area contributed by atoms with E-state index >= 15 is 0 Å². The molecule has 0 aliphatic heterocycles. The highest BCUT2D eigenvalue weighted by Gasteiger charge is 2.13. The molecule has 100 valence electrons. The third-order valence-electron chi connectivity index (χ3n) is 2.41. The molecule has 3 nitrogen and oxygen atoms in total. The van der Waals surface area contributed by atoms with Crippen LogP contribution >= 0.6 is 0 Å². The van der Waals surface area contributed by atoms with Crippen LogP contribution in [0.1, 0.15) is 31.2 Å². The molecule has 0 aromatic heterocycles. The van der Waals surface area contributed by atoms with E-state index in [0.29, 0.717) is 12.8 Å².